The first-order valence-electron chi connectivity index (χ1n) is 5.99. The monoisotopic (exact) mass is 254 g/mol. The molecule has 2 aliphatic rings. The number of hydrogen-bond acceptors (Lipinski definition) is 4. The van der Waals surface area contributed by atoms with Crippen LogP contribution >= 0.6 is 0 Å². The lowest BCUT2D eigenvalue weighted by Crippen LogP contribution is -2.43. The number of hydrogen-bond donors (Lipinski definition) is 1. The van der Waals surface area contributed by atoms with Crippen LogP contribution in [0.1, 0.15) is 27.2 Å². The molecule has 0 aromatic heterocycles. The van der Waals surface area contributed by atoms with Crippen LogP contribution in [0.5, 0.6) is 0 Å². The zero-order valence-corrected chi connectivity index (χ0v) is 10.8. The summed E-state index contributed by atoms with van der Waals surface area (Å²) in [6, 6.07) is 0.00272. The number of carbonyl (C=O) groups excluding carboxylic acids is 2. The molecule has 2 unspecified atom stereocenters. The van der Waals surface area contributed by atoms with E-state index >= 15 is 0 Å². The van der Waals surface area contributed by atoms with E-state index < -0.39 is 11.7 Å². The lowest BCUT2D eigenvalue weighted by atomic mass is 10.2. The second kappa shape index (κ2) is 4.61. The Balaban J connectivity index is 1.76. The summed E-state index contributed by atoms with van der Waals surface area (Å²) in [5, 5.41) is 3.74. The van der Waals surface area contributed by atoms with E-state index in [2.05, 4.69) is 5.32 Å². The van der Waals surface area contributed by atoms with E-state index in [1.54, 1.807) is 20.8 Å². The van der Waals surface area contributed by atoms with Crippen LogP contribution in [-0.4, -0.2) is 41.4 Å². The Hall–Kier alpha value is -1.56. The van der Waals surface area contributed by atoms with Crippen molar-refractivity contribution in [1.82, 2.24) is 10.4 Å². The van der Waals surface area contributed by atoms with Gasteiger partial charge in [-0.05, 0) is 20.8 Å². The third kappa shape index (κ3) is 3.01. The van der Waals surface area contributed by atoms with E-state index in [0.29, 0.717) is 0 Å². The quantitative estimate of drug-likeness (QED) is 0.746. The molecule has 1 saturated heterocycles. The first-order valence-corrected chi connectivity index (χ1v) is 5.99. The minimum atomic E-state index is -0.601. The molecule has 1 N–H and O–H groups in total. The van der Waals surface area contributed by atoms with Gasteiger partial charge in [-0.2, -0.15) is 0 Å². The van der Waals surface area contributed by atoms with Gasteiger partial charge in [-0.15, -0.1) is 0 Å². The molecule has 2 amide bonds. The molecule has 1 heterocycles. The van der Waals surface area contributed by atoms with E-state index in [0.717, 1.165) is 6.42 Å². The van der Waals surface area contributed by atoms with Crippen LogP contribution in [0, 0.1) is 0 Å². The fourth-order valence-corrected chi connectivity index (χ4v) is 1.91. The molecule has 1 aliphatic carbocycles. The molecule has 2 rings (SSSR count). The van der Waals surface area contributed by atoms with E-state index in [1.165, 1.54) is 5.06 Å². The van der Waals surface area contributed by atoms with Crippen molar-refractivity contribution in [1.29, 1.82) is 0 Å². The summed E-state index contributed by atoms with van der Waals surface area (Å²) in [6.07, 6.45) is 4.09. The zero-order chi connectivity index (χ0) is 13.3. The number of nitrogens with zero attached hydrogens (tertiary/aromatic N) is 1. The van der Waals surface area contributed by atoms with E-state index in [-0.39, 0.29) is 24.6 Å². The Morgan fingerprint density at radius 3 is 2.67 bits per heavy atom. The maximum atomic E-state index is 11.8. The normalized spacial score (nSPS) is 25.4. The van der Waals surface area contributed by atoms with Gasteiger partial charge in [-0.3, -0.25) is 9.63 Å². The molecule has 0 saturated carbocycles. The predicted octanol–water partition coefficient (Wildman–Crippen LogP) is 0.982. The first kappa shape index (κ1) is 12.9. The molecule has 0 aromatic carbocycles. The molecular weight excluding hydrogens is 236 g/mol. The largest absolute Gasteiger partial charge is 0.444 e. The fraction of sp³-hybridized carbons (Fsp3) is 0.667. The van der Waals surface area contributed by atoms with Crippen molar-refractivity contribution in [2.45, 2.75) is 44.9 Å². The molecule has 100 valence electrons. The SMILES string of the molecule is CC(C)(C)OC(=O)NCC(=O)N1OC2C=CC1C2. The summed E-state index contributed by atoms with van der Waals surface area (Å²) < 4.78 is 5.04. The van der Waals surface area contributed by atoms with E-state index in [4.69, 9.17) is 9.57 Å². The molecule has 18 heavy (non-hydrogen) atoms. The van der Waals surface area contributed by atoms with Crippen LogP contribution in [0.3, 0.4) is 0 Å². The maximum absolute atomic E-state index is 11.8. The molecule has 6 heteroatoms. The van der Waals surface area contributed by atoms with Crippen LogP contribution in [0.15, 0.2) is 12.2 Å². The minimum Gasteiger partial charge on any atom is -0.444 e. The van der Waals surface area contributed by atoms with Gasteiger partial charge in [-0.1, -0.05) is 12.2 Å². The molecule has 6 nitrogen and oxygen atoms in total. The van der Waals surface area contributed by atoms with Gasteiger partial charge in [-0.25, -0.2) is 9.86 Å². The minimum absolute atomic E-state index is 0.000441. The number of nitrogens with one attached hydrogen (secondary N) is 1. The van der Waals surface area contributed by atoms with Gasteiger partial charge in [0.15, 0.2) is 0 Å². The highest BCUT2D eigenvalue weighted by Gasteiger charge is 2.38. The van der Waals surface area contributed by atoms with E-state index in [1.807, 2.05) is 12.2 Å². The van der Waals surface area contributed by atoms with Crippen LogP contribution in [0.25, 0.3) is 0 Å². The summed E-state index contributed by atoms with van der Waals surface area (Å²) in [5.41, 5.74) is -0.570. The highest BCUT2D eigenvalue weighted by molar-refractivity contribution is 5.82. The average Bonchev–Trinajstić information content (AvgIpc) is 2.84. The molecule has 0 aromatic rings. The molecular formula is C12H18N2O4. The number of carbonyl (C=O) groups is 2. The fourth-order valence-electron chi connectivity index (χ4n) is 1.91. The number of rotatable bonds is 2. The van der Waals surface area contributed by atoms with Gasteiger partial charge in [0, 0.05) is 6.42 Å². The number of alkyl carbamates (subject to hydrolysis) is 1. The number of amides is 2. The standard InChI is InChI=1S/C12H18N2O4/c1-12(2,3)17-11(16)13-7-10(15)14-8-4-5-9(6-8)18-14/h4-5,8-9H,6-7H2,1-3H3,(H,13,16). The molecule has 2 atom stereocenters. The van der Waals surface area contributed by atoms with Crippen LogP contribution < -0.4 is 5.32 Å². The van der Waals surface area contributed by atoms with Crippen molar-refractivity contribution in [3.8, 4) is 0 Å². The predicted molar refractivity (Wildman–Crippen MR) is 63.5 cm³/mol. The van der Waals surface area contributed by atoms with Gasteiger partial charge < -0.3 is 10.1 Å². The van der Waals surface area contributed by atoms with Gasteiger partial charge in [0.1, 0.15) is 18.2 Å². The summed E-state index contributed by atoms with van der Waals surface area (Å²) in [4.78, 5) is 28.5. The van der Waals surface area contributed by atoms with E-state index in [9.17, 15) is 9.59 Å². The Labute approximate surface area is 106 Å². The Morgan fingerprint density at radius 1 is 1.44 bits per heavy atom. The highest BCUT2D eigenvalue weighted by atomic mass is 16.7. The Bertz CT molecular complexity index is 386. The van der Waals surface area contributed by atoms with Crippen molar-refractivity contribution in [2.24, 2.45) is 0 Å². The molecule has 1 aliphatic heterocycles. The van der Waals surface area contributed by atoms with Crippen molar-refractivity contribution >= 4 is 12.0 Å². The first-order chi connectivity index (χ1) is 8.35. The topological polar surface area (TPSA) is 67.9 Å². The number of ether oxygens (including phenoxy) is 1. The Kier molecular flexibility index (Phi) is 3.30. The van der Waals surface area contributed by atoms with Crippen LogP contribution in [-0.2, 0) is 14.4 Å². The Morgan fingerprint density at radius 2 is 2.17 bits per heavy atom. The van der Waals surface area contributed by atoms with Gasteiger partial charge in [0.25, 0.3) is 5.91 Å². The maximum Gasteiger partial charge on any atom is 0.408 e. The van der Waals surface area contributed by atoms with Crippen molar-refractivity contribution in [3.05, 3.63) is 12.2 Å². The second-order valence-electron chi connectivity index (χ2n) is 5.41. The number of hydroxylamine groups is 2. The molecule has 1 fully saturated rings. The summed E-state index contributed by atoms with van der Waals surface area (Å²) in [5.74, 6) is -0.266. The lowest BCUT2D eigenvalue weighted by molar-refractivity contribution is -0.181. The molecule has 0 radical (unpaired) electrons. The summed E-state index contributed by atoms with van der Waals surface area (Å²) in [7, 11) is 0. The third-order valence-electron chi connectivity index (χ3n) is 2.60. The van der Waals surface area contributed by atoms with Crippen molar-refractivity contribution < 1.29 is 19.2 Å². The van der Waals surface area contributed by atoms with Crippen molar-refractivity contribution in [2.75, 3.05) is 6.54 Å². The zero-order valence-electron chi connectivity index (χ0n) is 10.8. The number of fused-ring (bicyclic) bond motifs is 2. The van der Waals surface area contributed by atoms with Gasteiger partial charge >= 0.3 is 6.09 Å². The molecule has 2 bridgehead atoms. The second-order valence-corrected chi connectivity index (χ2v) is 5.41. The summed E-state index contributed by atoms with van der Waals surface area (Å²) >= 11 is 0. The molecule has 0 spiro atoms. The van der Waals surface area contributed by atoms with Crippen LogP contribution in [0.2, 0.25) is 0 Å². The van der Waals surface area contributed by atoms with Gasteiger partial charge in [0.05, 0.1) is 6.04 Å². The average molecular weight is 254 g/mol. The third-order valence-corrected chi connectivity index (χ3v) is 2.60. The van der Waals surface area contributed by atoms with Gasteiger partial charge in [0.2, 0.25) is 0 Å². The summed E-state index contributed by atoms with van der Waals surface area (Å²) in [6.45, 7) is 5.18. The highest BCUT2D eigenvalue weighted by Crippen LogP contribution is 2.28. The van der Waals surface area contributed by atoms with Crippen molar-refractivity contribution in [3.63, 3.8) is 0 Å². The smallest absolute Gasteiger partial charge is 0.408 e. The van der Waals surface area contributed by atoms with Crippen LogP contribution in [0.4, 0.5) is 4.79 Å². The lowest BCUT2D eigenvalue weighted by Gasteiger charge is -2.23.